The molecule has 0 unspecified atom stereocenters. The van der Waals surface area contributed by atoms with Crippen LogP contribution in [0.4, 0.5) is 10.9 Å². The second-order valence-corrected chi connectivity index (χ2v) is 9.51. The van der Waals surface area contributed by atoms with Crippen LogP contribution in [0, 0.1) is 19.3 Å². The predicted molar refractivity (Wildman–Crippen MR) is 111 cm³/mol. The Hall–Kier alpha value is -2.15. The maximum atomic E-state index is 11.6. The molecule has 2 aromatic heterocycles. The average Bonchev–Trinajstić information content (AvgIpc) is 3.02. The Morgan fingerprint density at radius 2 is 2.07 bits per heavy atom. The molecule has 27 heavy (non-hydrogen) atoms. The van der Waals surface area contributed by atoms with Gasteiger partial charge in [-0.2, -0.15) is 0 Å². The second kappa shape index (κ2) is 7.84. The fraction of sp³-hybridized carbons (Fsp3) is 0.444. The number of sulfonamides is 1. The fourth-order valence-electron chi connectivity index (χ4n) is 3.13. The number of piperidine rings is 1. The number of nitrogens with zero attached hydrogens (tertiary/aromatic N) is 3. The summed E-state index contributed by atoms with van der Waals surface area (Å²) in [6, 6.07) is 2.13. The number of thiazole rings is 1. The van der Waals surface area contributed by atoms with Crippen molar-refractivity contribution in [2.24, 2.45) is 0 Å². The highest BCUT2D eigenvalue weighted by Crippen LogP contribution is 2.35. The van der Waals surface area contributed by atoms with Gasteiger partial charge >= 0.3 is 0 Å². The first kappa shape index (κ1) is 19.6. The van der Waals surface area contributed by atoms with E-state index < -0.39 is 10.0 Å². The summed E-state index contributed by atoms with van der Waals surface area (Å²) in [5.41, 5.74) is 2.57. The molecular formula is C18H23N5O2S2. The zero-order valence-corrected chi connectivity index (χ0v) is 17.2. The number of aromatic nitrogens is 2. The van der Waals surface area contributed by atoms with Crippen LogP contribution >= 0.6 is 11.3 Å². The first-order valence-electron chi connectivity index (χ1n) is 8.65. The maximum Gasteiger partial charge on any atom is 0.211 e. The smallest absolute Gasteiger partial charge is 0.211 e. The molecule has 9 heteroatoms. The van der Waals surface area contributed by atoms with Gasteiger partial charge in [0.2, 0.25) is 10.0 Å². The highest BCUT2D eigenvalue weighted by atomic mass is 32.2. The van der Waals surface area contributed by atoms with Crippen molar-refractivity contribution >= 4 is 32.3 Å². The summed E-state index contributed by atoms with van der Waals surface area (Å²) in [6.45, 7) is 3.00. The molecule has 7 nitrogen and oxygen atoms in total. The molecule has 2 aromatic rings. The first-order valence-corrected chi connectivity index (χ1v) is 11.3. The van der Waals surface area contributed by atoms with Crippen molar-refractivity contribution in [3.63, 3.8) is 0 Å². The number of pyridine rings is 1. The van der Waals surface area contributed by atoms with Gasteiger partial charge in [-0.3, -0.25) is 0 Å². The Morgan fingerprint density at radius 1 is 1.37 bits per heavy atom. The molecule has 0 aromatic carbocycles. The SMILES string of the molecule is C#Cc1cnc(NC2CCN(S(C)(=O)=O)CC2)cc1-c1sc(NC)nc1C. The predicted octanol–water partition coefficient (Wildman–Crippen LogP) is 2.37. The van der Waals surface area contributed by atoms with Crippen molar-refractivity contribution in [1.29, 1.82) is 0 Å². The quantitative estimate of drug-likeness (QED) is 0.743. The Labute approximate surface area is 164 Å². The van der Waals surface area contributed by atoms with Crippen molar-refractivity contribution in [1.82, 2.24) is 14.3 Å². The van der Waals surface area contributed by atoms with Gasteiger partial charge in [0.25, 0.3) is 0 Å². The van der Waals surface area contributed by atoms with Gasteiger partial charge < -0.3 is 10.6 Å². The van der Waals surface area contributed by atoms with Crippen LogP contribution in [0.1, 0.15) is 24.1 Å². The van der Waals surface area contributed by atoms with Crippen molar-refractivity contribution < 1.29 is 8.42 Å². The zero-order valence-electron chi connectivity index (χ0n) is 15.6. The lowest BCUT2D eigenvalue weighted by atomic mass is 10.1. The van der Waals surface area contributed by atoms with E-state index in [1.807, 2.05) is 20.0 Å². The number of aryl methyl sites for hydroxylation is 1. The van der Waals surface area contributed by atoms with E-state index in [4.69, 9.17) is 6.42 Å². The molecule has 0 saturated carbocycles. The van der Waals surface area contributed by atoms with Gasteiger partial charge in [0.1, 0.15) is 5.82 Å². The Balaban J connectivity index is 1.80. The summed E-state index contributed by atoms with van der Waals surface area (Å²) in [7, 11) is -1.28. The van der Waals surface area contributed by atoms with E-state index in [0.29, 0.717) is 13.1 Å². The molecule has 0 aliphatic carbocycles. The summed E-state index contributed by atoms with van der Waals surface area (Å²) < 4.78 is 24.8. The number of anilines is 2. The van der Waals surface area contributed by atoms with Crippen LogP contribution in [0.5, 0.6) is 0 Å². The average molecular weight is 406 g/mol. The van der Waals surface area contributed by atoms with Crippen molar-refractivity contribution in [2.75, 3.05) is 37.0 Å². The second-order valence-electron chi connectivity index (χ2n) is 6.52. The molecule has 0 radical (unpaired) electrons. The van der Waals surface area contributed by atoms with Crippen LogP contribution in [0.3, 0.4) is 0 Å². The summed E-state index contributed by atoms with van der Waals surface area (Å²) >= 11 is 1.55. The van der Waals surface area contributed by atoms with Gasteiger partial charge in [0.15, 0.2) is 5.13 Å². The largest absolute Gasteiger partial charge is 0.367 e. The van der Waals surface area contributed by atoms with Gasteiger partial charge in [-0.25, -0.2) is 22.7 Å². The summed E-state index contributed by atoms with van der Waals surface area (Å²) in [6.07, 6.45) is 10.1. The molecule has 0 spiro atoms. The van der Waals surface area contributed by atoms with Gasteiger partial charge in [0, 0.05) is 37.9 Å². The van der Waals surface area contributed by atoms with Gasteiger partial charge in [-0.05, 0) is 25.8 Å². The maximum absolute atomic E-state index is 11.6. The third-order valence-electron chi connectivity index (χ3n) is 4.59. The van der Waals surface area contributed by atoms with Crippen molar-refractivity contribution in [3.05, 3.63) is 23.5 Å². The fourth-order valence-corrected chi connectivity index (χ4v) is 4.96. The third-order valence-corrected chi connectivity index (χ3v) is 7.10. The van der Waals surface area contributed by atoms with E-state index in [-0.39, 0.29) is 6.04 Å². The zero-order chi connectivity index (χ0) is 19.6. The standard InChI is InChI=1S/C18H23N5O2S2/c1-5-13-11-20-16(10-15(13)17-12(2)21-18(19-3)26-17)22-14-6-8-23(9-7-14)27(4,24)25/h1,10-11,14H,6-9H2,2-4H3,(H,19,21)(H,20,22). The van der Waals surface area contributed by atoms with Crippen molar-refractivity contribution in [2.45, 2.75) is 25.8 Å². The Kier molecular flexibility index (Phi) is 5.69. The monoisotopic (exact) mass is 405 g/mol. The third kappa shape index (κ3) is 4.40. The van der Waals surface area contributed by atoms with Crippen LogP contribution in [0.15, 0.2) is 12.3 Å². The number of hydrogen-bond donors (Lipinski definition) is 2. The minimum Gasteiger partial charge on any atom is -0.367 e. The van der Waals surface area contributed by atoms with Gasteiger partial charge in [0.05, 0.1) is 22.4 Å². The van der Waals surface area contributed by atoms with Crippen molar-refractivity contribution in [3.8, 4) is 22.8 Å². The molecular weight excluding hydrogens is 382 g/mol. The molecule has 1 aliphatic rings. The van der Waals surface area contributed by atoms with Gasteiger partial charge in [-0.15, -0.1) is 6.42 Å². The number of rotatable bonds is 5. The molecule has 1 saturated heterocycles. The molecule has 0 atom stereocenters. The van der Waals surface area contributed by atoms with E-state index in [1.54, 1.807) is 17.5 Å². The van der Waals surface area contributed by atoms with E-state index in [1.165, 1.54) is 10.6 Å². The number of terminal acetylenes is 1. The minimum atomic E-state index is -3.12. The van der Waals surface area contributed by atoms with E-state index in [0.717, 1.165) is 45.5 Å². The number of nitrogens with one attached hydrogen (secondary N) is 2. The molecule has 2 N–H and O–H groups in total. The molecule has 144 valence electrons. The van der Waals surface area contributed by atoms with Crippen LogP contribution in [-0.2, 0) is 10.0 Å². The topological polar surface area (TPSA) is 87.2 Å². The van der Waals surface area contributed by atoms with E-state index in [2.05, 4.69) is 26.5 Å². The lowest BCUT2D eigenvalue weighted by molar-refractivity contribution is 0.331. The summed E-state index contributed by atoms with van der Waals surface area (Å²) in [5, 5.41) is 7.32. The molecule has 1 fully saturated rings. The van der Waals surface area contributed by atoms with E-state index in [9.17, 15) is 8.42 Å². The molecule has 0 amide bonds. The van der Waals surface area contributed by atoms with E-state index >= 15 is 0 Å². The first-order chi connectivity index (χ1) is 12.8. The van der Waals surface area contributed by atoms with Crippen LogP contribution in [-0.4, -0.2) is 55.1 Å². The van der Waals surface area contributed by atoms with Crippen LogP contribution in [0.25, 0.3) is 10.4 Å². The summed E-state index contributed by atoms with van der Waals surface area (Å²) in [5.74, 6) is 3.43. The Morgan fingerprint density at radius 3 is 2.63 bits per heavy atom. The highest BCUT2D eigenvalue weighted by molar-refractivity contribution is 7.88. The molecule has 0 bridgehead atoms. The summed E-state index contributed by atoms with van der Waals surface area (Å²) in [4.78, 5) is 9.95. The van der Waals surface area contributed by atoms with Crippen LogP contribution < -0.4 is 10.6 Å². The minimum absolute atomic E-state index is 0.176. The Bertz CT molecular complexity index is 970. The lowest BCUT2D eigenvalue weighted by Gasteiger charge is -2.31. The van der Waals surface area contributed by atoms with Crippen LogP contribution in [0.2, 0.25) is 0 Å². The normalized spacial score (nSPS) is 16.1. The number of hydrogen-bond acceptors (Lipinski definition) is 7. The molecule has 1 aliphatic heterocycles. The molecule has 3 heterocycles. The lowest BCUT2D eigenvalue weighted by Crippen LogP contribution is -2.41. The molecule has 3 rings (SSSR count). The highest BCUT2D eigenvalue weighted by Gasteiger charge is 2.25. The van der Waals surface area contributed by atoms with Gasteiger partial charge in [-0.1, -0.05) is 17.3 Å².